The SMILES string of the molecule is CC1CN(Cc2ccc(N)cc2)CCCO1. The third-order valence-corrected chi connectivity index (χ3v) is 2.92. The largest absolute Gasteiger partial charge is 0.399 e. The average Bonchev–Trinajstić information content (AvgIpc) is 2.46. The zero-order valence-electron chi connectivity index (χ0n) is 9.86. The van der Waals surface area contributed by atoms with E-state index in [9.17, 15) is 0 Å². The number of rotatable bonds is 2. The van der Waals surface area contributed by atoms with Gasteiger partial charge in [0, 0.05) is 31.9 Å². The van der Waals surface area contributed by atoms with Crippen molar-refractivity contribution in [2.75, 3.05) is 25.4 Å². The van der Waals surface area contributed by atoms with Gasteiger partial charge in [-0.15, -0.1) is 0 Å². The van der Waals surface area contributed by atoms with Crippen molar-refractivity contribution in [3.05, 3.63) is 29.8 Å². The van der Waals surface area contributed by atoms with Crippen molar-refractivity contribution in [3.63, 3.8) is 0 Å². The highest BCUT2D eigenvalue weighted by Gasteiger charge is 2.14. The number of hydrogen-bond acceptors (Lipinski definition) is 3. The van der Waals surface area contributed by atoms with Crippen molar-refractivity contribution in [1.82, 2.24) is 4.90 Å². The Balaban J connectivity index is 1.95. The maximum absolute atomic E-state index is 5.67. The van der Waals surface area contributed by atoms with Gasteiger partial charge >= 0.3 is 0 Å². The molecule has 1 aliphatic rings. The predicted octanol–water partition coefficient (Wildman–Crippen LogP) is 1.88. The highest BCUT2D eigenvalue weighted by molar-refractivity contribution is 5.39. The van der Waals surface area contributed by atoms with Crippen LogP contribution in [0.4, 0.5) is 5.69 Å². The lowest BCUT2D eigenvalue weighted by Crippen LogP contribution is -2.29. The van der Waals surface area contributed by atoms with E-state index in [4.69, 9.17) is 10.5 Å². The average molecular weight is 220 g/mol. The van der Waals surface area contributed by atoms with Crippen molar-refractivity contribution in [2.45, 2.75) is 26.0 Å². The van der Waals surface area contributed by atoms with Gasteiger partial charge in [-0.3, -0.25) is 4.90 Å². The molecule has 16 heavy (non-hydrogen) atoms. The summed E-state index contributed by atoms with van der Waals surface area (Å²) in [5, 5.41) is 0. The van der Waals surface area contributed by atoms with Crippen LogP contribution in [0.3, 0.4) is 0 Å². The summed E-state index contributed by atoms with van der Waals surface area (Å²) in [6.45, 7) is 6.16. The summed E-state index contributed by atoms with van der Waals surface area (Å²) >= 11 is 0. The lowest BCUT2D eigenvalue weighted by molar-refractivity contribution is 0.0668. The summed E-state index contributed by atoms with van der Waals surface area (Å²) in [6, 6.07) is 8.14. The molecule has 0 amide bonds. The Kier molecular flexibility index (Phi) is 3.80. The molecule has 0 spiro atoms. The van der Waals surface area contributed by atoms with E-state index >= 15 is 0 Å². The first-order chi connectivity index (χ1) is 7.74. The van der Waals surface area contributed by atoms with Gasteiger partial charge in [-0.1, -0.05) is 12.1 Å². The van der Waals surface area contributed by atoms with Gasteiger partial charge in [0.15, 0.2) is 0 Å². The maximum atomic E-state index is 5.67. The quantitative estimate of drug-likeness (QED) is 0.773. The van der Waals surface area contributed by atoms with Gasteiger partial charge in [-0.2, -0.15) is 0 Å². The second-order valence-electron chi connectivity index (χ2n) is 4.51. The molecule has 1 fully saturated rings. The summed E-state index contributed by atoms with van der Waals surface area (Å²) in [5.41, 5.74) is 7.83. The lowest BCUT2D eigenvalue weighted by Gasteiger charge is -2.21. The highest BCUT2D eigenvalue weighted by Crippen LogP contribution is 2.12. The predicted molar refractivity (Wildman–Crippen MR) is 66.2 cm³/mol. The van der Waals surface area contributed by atoms with Gasteiger partial charge in [-0.25, -0.2) is 0 Å². The Bertz CT molecular complexity index is 323. The van der Waals surface area contributed by atoms with Crippen LogP contribution in [-0.4, -0.2) is 30.7 Å². The van der Waals surface area contributed by atoms with Crippen LogP contribution >= 0.6 is 0 Å². The fourth-order valence-corrected chi connectivity index (χ4v) is 2.11. The molecule has 2 N–H and O–H groups in total. The minimum absolute atomic E-state index is 0.344. The first-order valence-corrected chi connectivity index (χ1v) is 5.92. The van der Waals surface area contributed by atoms with Crippen molar-refractivity contribution in [3.8, 4) is 0 Å². The zero-order valence-corrected chi connectivity index (χ0v) is 9.86. The molecule has 1 aromatic rings. The Morgan fingerprint density at radius 2 is 2.12 bits per heavy atom. The first-order valence-electron chi connectivity index (χ1n) is 5.92. The number of nitrogen functional groups attached to an aromatic ring is 1. The van der Waals surface area contributed by atoms with Crippen LogP contribution in [0.2, 0.25) is 0 Å². The van der Waals surface area contributed by atoms with Gasteiger partial charge in [0.25, 0.3) is 0 Å². The Morgan fingerprint density at radius 3 is 2.88 bits per heavy atom. The molecule has 0 aliphatic carbocycles. The summed E-state index contributed by atoms with van der Waals surface area (Å²) in [4.78, 5) is 2.45. The van der Waals surface area contributed by atoms with E-state index in [-0.39, 0.29) is 0 Å². The Labute approximate surface area is 97.2 Å². The minimum Gasteiger partial charge on any atom is -0.399 e. The standard InChI is InChI=1S/C13H20N2O/c1-11-9-15(7-2-8-16-11)10-12-3-5-13(14)6-4-12/h3-6,11H,2,7-10,14H2,1H3. The molecule has 88 valence electrons. The molecule has 1 aromatic carbocycles. The molecule has 1 heterocycles. The molecule has 0 radical (unpaired) electrons. The topological polar surface area (TPSA) is 38.5 Å². The monoisotopic (exact) mass is 220 g/mol. The third-order valence-electron chi connectivity index (χ3n) is 2.92. The molecular weight excluding hydrogens is 200 g/mol. The normalized spacial score (nSPS) is 22.9. The first kappa shape index (κ1) is 11.4. The second kappa shape index (κ2) is 5.32. The van der Waals surface area contributed by atoms with E-state index in [1.165, 1.54) is 5.56 Å². The van der Waals surface area contributed by atoms with Gasteiger partial charge in [0.1, 0.15) is 0 Å². The molecule has 3 nitrogen and oxygen atoms in total. The number of nitrogens with zero attached hydrogens (tertiary/aromatic N) is 1. The fourth-order valence-electron chi connectivity index (χ4n) is 2.11. The molecule has 1 unspecified atom stereocenters. The van der Waals surface area contributed by atoms with Crippen LogP contribution in [0.25, 0.3) is 0 Å². The Hall–Kier alpha value is -1.06. The third kappa shape index (κ3) is 3.22. The van der Waals surface area contributed by atoms with Crippen molar-refractivity contribution < 1.29 is 4.74 Å². The number of anilines is 1. The van der Waals surface area contributed by atoms with Gasteiger partial charge in [0.05, 0.1) is 6.10 Å². The van der Waals surface area contributed by atoms with Crippen molar-refractivity contribution in [1.29, 1.82) is 0 Å². The van der Waals surface area contributed by atoms with Crippen LogP contribution in [-0.2, 0) is 11.3 Å². The van der Waals surface area contributed by atoms with Crippen molar-refractivity contribution >= 4 is 5.69 Å². The van der Waals surface area contributed by atoms with E-state index < -0.39 is 0 Å². The molecule has 3 heteroatoms. The molecule has 1 atom stereocenters. The molecule has 0 bridgehead atoms. The van der Waals surface area contributed by atoms with Crippen LogP contribution in [0, 0.1) is 0 Å². The van der Waals surface area contributed by atoms with Crippen molar-refractivity contribution in [2.24, 2.45) is 0 Å². The van der Waals surface area contributed by atoms with E-state index in [0.29, 0.717) is 6.10 Å². The molecular formula is C13H20N2O. The molecule has 0 saturated carbocycles. The summed E-state index contributed by atoms with van der Waals surface area (Å²) in [6.07, 6.45) is 1.47. The van der Waals surface area contributed by atoms with Gasteiger partial charge in [0.2, 0.25) is 0 Å². The number of ether oxygens (including phenoxy) is 1. The second-order valence-corrected chi connectivity index (χ2v) is 4.51. The molecule has 1 saturated heterocycles. The van der Waals surface area contributed by atoms with Crippen LogP contribution in [0.5, 0.6) is 0 Å². The van der Waals surface area contributed by atoms with Gasteiger partial charge in [-0.05, 0) is 31.0 Å². The van der Waals surface area contributed by atoms with E-state index in [1.54, 1.807) is 0 Å². The summed E-state index contributed by atoms with van der Waals surface area (Å²) in [7, 11) is 0. The van der Waals surface area contributed by atoms with Crippen LogP contribution in [0.15, 0.2) is 24.3 Å². The number of nitrogens with two attached hydrogens (primary N) is 1. The Morgan fingerprint density at radius 1 is 1.38 bits per heavy atom. The number of benzene rings is 1. The van der Waals surface area contributed by atoms with E-state index in [1.807, 2.05) is 12.1 Å². The number of hydrogen-bond donors (Lipinski definition) is 1. The smallest absolute Gasteiger partial charge is 0.0674 e. The highest BCUT2D eigenvalue weighted by atomic mass is 16.5. The lowest BCUT2D eigenvalue weighted by atomic mass is 10.2. The van der Waals surface area contributed by atoms with Crippen LogP contribution in [0.1, 0.15) is 18.9 Å². The molecule has 1 aliphatic heterocycles. The van der Waals surface area contributed by atoms with Gasteiger partial charge < -0.3 is 10.5 Å². The summed E-state index contributed by atoms with van der Waals surface area (Å²) < 4.78 is 5.63. The minimum atomic E-state index is 0.344. The van der Waals surface area contributed by atoms with Crippen LogP contribution < -0.4 is 5.73 Å². The summed E-state index contributed by atoms with van der Waals surface area (Å²) in [5.74, 6) is 0. The fraction of sp³-hybridized carbons (Fsp3) is 0.538. The van der Waals surface area contributed by atoms with E-state index in [0.717, 1.165) is 38.3 Å². The van der Waals surface area contributed by atoms with E-state index in [2.05, 4.69) is 24.0 Å². The molecule has 0 aromatic heterocycles. The zero-order chi connectivity index (χ0) is 11.4. The maximum Gasteiger partial charge on any atom is 0.0674 e. The molecule has 2 rings (SSSR count).